The van der Waals surface area contributed by atoms with Crippen molar-refractivity contribution in [3.05, 3.63) is 34.4 Å². The lowest BCUT2D eigenvalue weighted by atomic mass is 9.95. The molecule has 0 aromatic heterocycles. The summed E-state index contributed by atoms with van der Waals surface area (Å²) >= 11 is 1.84. The van der Waals surface area contributed by atoms with Crippen molar-refractivity contribution in [2.45, 2.75) is 41.9 Å². The smallest absolute Gasteiger partial charge is 0.269 e. The van der Waals surface area contributed by atoms with Crippen molar-refractivity contribution in [2.24, 2.45) is 0 Å². The van der Waals surface area contributed by atoms with Gasteiger partial charge in [0.05, 0.1) is 4.92 Å². The maximum absolute atomic E-state index is 10.6. The highest BCUT2D eigenvalue weighted by Gasteiger charge is 2.21. The summed E-state index contributed by atoms with van der Waals surface area (Å²) < 4.78 is 0. The van der Waals surface area contributed by atoms with Crippen molar-refractivity contribution >= 4 is 17.4 Å². The molecule has 1 aromatic carbocycles. The molecule has 1 aliphatic rings. The molecule has 1 saturated carbocycles. The van der Waals surface area contributed by atoms with E-state index in [1.807, 2.05) is 30.9 Å². The maximum atomic E-state index is 10.6. The van der Waals surface area contributed by atoms with Crippen LogP contribution in [0.2, 0.25) is 0 Å². The zero-order valence-electron chi connectivity index (χ0n) is 10.5. The van der Waals surface area contributed by atoms with Crippen LogP contribution in [0.5, 0.6) is 0 Å². The van der Waals surface area contributed by atoms with Crippen LogP contribution >= 0.6 is 11.8 Å². The van der Waals surface area contributed by atoms with Gasteiger partial charge in [-0.15, -0.1) is 11.8 Å². The van der Waals surface area contributed by atoms with Crippen LogP contribution in [0.15, 0.2) is 29.2 Å². The standard InChI is InChI=1S/C13H18N2O2S/c1-14-10-3-2-4-13(9-10)18-12-7-5-11(6-8-12)15(16)17/h5-8,10,13-14H,2-4,9H2,1H3. The number of nitrogens with zero attached hydrogens (tertiary/aromatic N) is 1. The Bertz CT molecular complexity index is 408. The lowest BCUT2D eigenvalue weighted by Gasteiger charge is -2.28. The second kappa shape index (κ2) is 6.20. The molecule has 0 amide bonds. The van der Waals surface area contributed by atoms with Gasteiger partial charge >= 0.3 is 0 Å². The van der Waals surface area contributed by atoms with E-state index < -0.39 is 0 Å². The summed E-state index contributed by atoms with van der Waals surface area (Å²) in [6.45, 7) is 0. The number of benzene rings is 1. The van der Waals surface area contributed by atoms with Crippen LogP contribution in [0, 0.1) is 10.1 Å². The summed E-state index contributed by atoms with van der Waals surface area (Å²) in [4.78, 5) is 11.3. The highest BCUT2D eigenvalue weighted by molar-refractivity contribution is 8.00. The number of thioether (sulfide) groups is 1. The number of non-ortho nitro benzene ring substituents is 1. The molecule has 4 nitrogen and oxygen atoms in total. The van der Waals surface area contributed by atoms with Crippen molar-refractivity contribution in [1.82, 2.24) is 5.32 Å². The van der Waals surface area contributed by atoms with E-state index in [0.29, 0.717) is 11.3 Å². The predicted octanol–water partition coefficient (Wildman–Crippen LogP) is 3.22. The molecule has 5 heteroatoms. The molecule has 1 N–H and O–H groups in total. The number of nitrogens with one attached hydrogen (secondary N) is 1. The van der Waals surface area contributed by atoms with Crippen molar-refractivity contribution in [3.8, 4) is 0 Å². The Hall–Kier alpha value is -1.07. The molecule has 0 saturated heterocycles. The Kier molecular flexibility index (Phi) is 4.60. The molecule has 0 heterocycles. The number of hydrogen-bond acceptors (Lipinski definition) is 4. The lowest BCUT2D eigenvalue weighted by Crippen LogP contribution is -2.32. The fourth-order valence-electron chi connectivity index (χ4n) is 2.35. The van der Waals surface area contributed by atoms with E-state index in [0.717, 1.165) is 4.90 Å². The van der Waals surface area contributed by atoms with Crippen molar-refractivity contribution in [3.63, 3.8) is 0 Å². The molecule has 1 aromatic rings. The first-order valence-corrected chi connectivity index (χ1v) is 7.15. The van der Waals surface area contributed by atoms with Crippen LogP contribution < -0.4 is 5.32 Å². The molecule has 0 radical (unpaired) electrons. The van der Waals surface area contributed by atoms with Gasteiger partial charge in [-0.1, -0.05) is 6.42 Å². The van der Waals surface area contributed by atoms with E-state index in [9.17, 15) is 10.1 Å². The van der Waals surface area contributed by atoms with Gasteiger partial charge in [0.25, 0.3) is 5.69 Å². The Labute approximate surface area is 111 Å². The van der Waals surface area contributed by atoms with Gasteiger partial charge < -0.3 is 5.32 Å². The van der Waals surface area contributed by atoms with Crippen LogP contribution in [-0.4, -0.2) is 23.3 Å². The number of nitro groups is 1. The van der Waals surface area contributed by atoms with Gasteiger partial charge in [-0.2, -0.15) is 0 Å². The predicted molar refractivity (Wildman–Crippen MR) is 74.1 cm³/mol. The van der Waals surface area contributed by atoms with Crippen LogP contribution in [0.3, 0.4) is 0 Å². The van der Waals surface area contributed by atoms with E-state index in [4.69, 9.17) is 0 Å². The Balaban J connectivity index is 1.94. The van der Waals surface area contributed by atoms with E-state index in [-0.39, 0.29) is 10.6 Å². The molecule has 2 rings (SSSR count). The minimum absolute atomic E-state index is 0.163. The topological polar surface area (TPSA) is 55.2 Å². The SMILES string of the molecule is CNC1CCCC(Sc2ccc([N+](=O)[O-])cc2)C1. The minimum atomic E-state index is -0.355. The number of hydrogen-bond donors (Lipinski definition) is 1. The summed E-state index contributed by atoms with van der Waals surface area (Å²) in [7, 11) is 2.02. The number of nitro benzene ring substituents is 1. The van der Waals surface area contributed by atoms with Crippen LogP contribution in [0.25, 0.3) is 0 Å². The summed E-state index contributed by atoms with van der Waals surface area (Å²) in [6.07, 6.45) is 4.93. The fraction of sp³-hybridized carbons (Fsp3) is 0.538. The molecule has 0 aliphatic heterocycles. The summed E-state index contributed by atoms with van der Waals surface area (Å²) in [6, 6.07) is 7.49. The first-order chi connectivity index (χ1) is 8.69. The third-order valence-corrected chi connectivity index (χ3v) is 4.69. The highest BCUT2D eigenvalue weighted by Crippen LogP contribution is 2.34. The second-order valence-electron chi connectivity index (χ2n) is 4.64. The lowest BCUT2D eigenvalue weighted by molar-refractivity contribution is -0.384. The van der Waals surface area contributed by atoms with E-state index in [2.05, 4.69) is 5.32 Å². The molecule has 0 spiro atoms. The van der Waals surface area contributed by atoms with Gasteiger partial charge in [0.15, 0.2) is 0 Å². The Morgan fingerprint density at radius 2 is 2.06 bits per heavy atom. The molecule has 98 valence electrons. The summed E-state index contributed by atoms with van der Waals surface area (Å²) in [5.41, 5.74) is 0.163. The molecule has 0 bridgehead atoms. The zero-order valence-corrected chi connectivity index (χ0v) is 11.3. The zero-order chi connectivity index (χ0) is 13.0. The number of rotatable bonds is 4. The van der Waals surface area contributed by atoms with Crippen molar-refractivity contribution in [2.75, 3.05) is 7.05 Å². The third kappa shape index (κ3) is 3.46. The monoisotopic (exact) mass is 266 g/mol. The minimum Gasteiger partial charge on any atom is -0.317 e. The first kappa shape index (κ1) is 13.4. The highest BCUT2D eigenvalue weighted by atomic mass is 32.2. The third-order valence-electron chi connectivity index (χ3n) is 3.38. The van der Waals surface area contributed by atoms with Gasteiger partial charge in [-0.05, 0) is 38.4 Å². The Morgan fingerprint density at radius 1 is 1.33 bits per heavy atom. The van der Waals surface area contributed by atoms with E-state index >= 15 is 0 Å². The van der Waals surface area contributed by atoms with Gasteiger partial charge in [0.2, 0.25) is 0 Å². The maximum Gasteiger partial charge on any atom is 0.269 e. The molecule has 2 unspecified atom stereocenters. The normalized spacial score (nSPS) is 23.8. The van der Waals surface area contributed by atoms with Crippen LogP contribution in [0.1, 0.15) is 25.7 Å². The average Bonchev–Trinajstić information content (AvgIpc) is 2.39. The van der Waals surface area contributed by atoms with Gasteiger partial charge in [0, 0.05) is 28.3 Å². The van der Waals surface area contributed by atoms with Gasteiger partial charge in [-0.3, -0.25) is 10.1 Å². The first-order valence-electron chi connectivity index (χ1n) is 6.27. The molecule has 1 aliphatic carbocycles. The molecule has 1 fully saturated rings. The van der Waals surface area contributed by atoms with E-state index in [1.54, 1.807) is 12.1 Å². The van der Waals surface area contributed by atoms with Crippen LogP contribution in [0.4, 0.5) is 5.69 Å². The van der Waals surface area contributed by atoms with Gasteiger partial charge in [-0.25, -0.2) is 0 Å². The Morgan fingerprint density at radius 3 is 2.67 bits per heavy atom. The van der Waals surface area contributed by atoms with Crippen LogP contribution in [-0.2, 0) is 0 Å². The summed E-state index contributed by atoms with van der Waals surface area (Å²) in [5.74, 6) is 0. The molecular formula is C13H18N2O2S. The summed E-state index contributed by atoms with van der Waals surface area (Å²) in [5, 5.41) is 14.5. The fourth-order valence-corrected chi connectivity index (χ4v) is 3.64. The largest absolute Gasteiger partial charge is 0.317 e. The van der Waals surface area contributed by atoms with E-state index in [1.165, 1.54) is 25.7 Å². The quantitative estimate of drug-likeness (QED) is 0.671. The van der Waals surface area contributed by atoms with Gasteiger partial charge in [0.1, 0.15) is 0 Å². The average molecular weight is 266 g/mol. The van der Waals surface area contributed by atoms with Crippen molar-refractivity contribution in [1.29, 1.82) is 0 Å². The molecular weight excluding hydrogens is 248 g/mol. The molecule has 18 heavy (non-hydrogen) atoms. The van der Waals surface area contributed by atoms with Crippen molar-refractivity contribution < 1.29 is 4.92 Å². The molecule has 2 atom stereocenters. The second-order valence-corrected chi connectivity index (χ2v) is 6.02.